The van der Waals surface area contributed by atoms with Gasteiger partial charge in [0.15, 0.2) is 10.6 Å². The number of hydrogen-bond acceptors (Lipinski definition) is 8. The van der Waals surface area contributed by atoms with Crippen LogP contribution in [0.15, 0.2) is 30.6 Å². The van der Waals surface area contributed by atoms with Crippen LogP contribution in [-0.4, -0.2) is 41.3 Å². The Balaban J connectivity index is 1.76. The van der Waals surface area contributed by atoms with Crippen molar-refractivity contribution in [2.45, 2.75) is 13.3 Å². The molecule has 0 aliphatic heterocycles. The van der Waals surface area contributed by atoms with Gasteiger partial charge in [-0.2, -0.15) is 0 Å². The van der Waals surface area contributed by atoms with E-state index in [2.05, 4.69) is 15.3 Å². The molecule has 2 aromatic heterocycles. The molecule has 0 aliphatic carbocycles. The van der Waals surface area contributed by atoms with Crippen LogP contribution in [0.5, 0.6) is 11.5 Å². The monoisotopic (exact) mass is 373 g/mol. The van der Waals surface area contributed by atoms with Crippen LogP contribution in [0.25, 0.3) is 10.2 Å². The van der Waals surface area contributed by atoms with Crippen LogP contribution >= 0.6 is 11.3 Å². The number of aromatic hydroxyl groups is 1. The van der Waals surface area contributed by atoms with E-state index in [0.29, 0.717) is 22.6 Å². The van der Waals surface area contributed by atoms with Gasteiger partial charge in [0, 0.05) is 6.54 Å². The molecular formula is C18H19N3O4S. The number of methoxy groups -OCH3 is 1. The van der Waals surface area contributed by atoms with Crippen LogP contribution in [-0.2, 0) is 11.2 Å². The Morgan fingerprint density at radius 3 is 2.73 bits per heavy atom. The van der Waals surface area contributed by atoms with Gasteiger partial charge in [0.05, 0.1) is 19.1 Å². The predicted octanol–water partition coefficient (Wildman–Crippen LogP) is 3.24. The van der Waals surface area contributed by atoms with Crippen LogP contribution in [0.1, 0.15) is 22.2 Å². The van der Waals surface area contributed by atoms with Gasteiger partial charge in [0.1, 0.15) is 22.7 Å². The molecule has 0 spiro atoms. The standard InChI is InChI=1S/C18H19N3O4S/c1-3-25-18(23)15-14(22)13-16(20-10-21-17(13)26-15)19-9-8-11-4-6-12(24-2)7-5-11/h4-7,10,22H,3,8-9H2,1-2H3,(H,19,20,21). The van der Waals surface area contributed by atoms with Crippen molar-refractivity contribution >= 4 is 33.3 Å². The Bertz CT molecular complexity index is 909. The number of carbonyl (C=O) groups excluding carboxylic acids is 1. The highest BCUT2D eigenvalue weighted by Crippen LogP contribution is 2.39. The maximum Gasteiger partial charge on any atom is 0.352 e. The molecule has 0 saturated heterocycles. The molecule has 8 heteroatoms. The summed E-state index contributed by atoms with van der Waals surface area (Å²) in [6.07, 6.45) is 2.17. The molecule has 0 fully saturated rings. The average molecular weight is 373 g/mol. The first-order chi connectivity index (χ1) is 12.6. The van der Waals surface area contributed by atoms with E-state index in [-0.39, 0.29) is 17.2 Å². The van der Waals surface area contributed by atoms with Crippen molar-refractivity contribution in [3.63, 3.8) is 0 Å². The summed E-state index contributed by atoms with van der Waals surface area (Å²) < 4.78 is 10.1. The van der Waals surface area contributed by atoms with Crippen molar-refractivity contribution in [3.05, 3.63) is 41.0 Å². The molecule has 26 heavy (non-hydrogen) atoms. The molecule has 0 aliphatic rings. The fraction of sp³-hybridized carbons (Fsp3) is 0.278. The summed E-state index contributed by atoms with van der Waals surface area (Å²) in [7, 11) is 1.63. The summed E-state index contributed by atoms with van der Waals surface area (Å²) in [5.74, 6) is 0.606. The van der Waals surface area contributed by atoms with Crippen LogP contribution in [0, 0.1) is 0 Å². The lowest BCUT2D eigenvalue weighted by atomic mass is 10.1. The summed E-state index contributed by atoms with van der Waals surface area (Å²) in [5.41, 5.74) is 1.14. The van der Waals surface area contributed by atoms with Crippen LogP contribution in [0.3, 0.4) is 0 Å². The first kappa shape index (κ1) is 17.9. The van der Waals surface area contributed by atoms with E-state index in [4.69, 9.17) is 9.47 Å². The zero-order valence-corrected chi connectivity index (χ0v) is 15.3. The molecule has 2 N–H and O–H groups in total. The average Bonchev–Trinajstić information content (AvgIpc) is 3.00. The Morgan fingerprint density at radius 2 is 2.04 bits per heavy atom. The lowest BCUT2D eigenvalue weighted by Gasteiger charge is -2.07. The molecule has 0 bridgehead atoms. The molecule has 0 saturated carbocycles. The zero-order chi connectivity index (χ0) is 18.5. The number of esters is 1. The zero-order valence-electron chi connectivity index (χ0n) is 14.5. The third-order valence-electron chi connectivity index (χ3n) is 3.79. The van der Waals surface area contributed by atoms with E-state index in [9.17, 15) is 9.90 Å². The van der Waals surface area contributed by atoms with Gasteiger partial charge in [0.2, 0.25) is 0 Å². The highest BCUT2D eigenvalue weighted by Gasteiger charge is 2.22. The molecule has 0 amide bonds. The van der Waals surface area contributed by atoms with E-state index in [0.717, 1.165) is 29.1 Å². The Hall–Kier alpha value is -2.87. The maximum atomic E-state index is 11.9. The minimum absolute atomic E-state index is 0.139. The number of ether oxygens (including phenoxy) is 2. The maximum absolute atomic E-state index is 11.9. The minimum atomic E-state index is -0.558. The Morgan fingerprint density at radius 1 is 1.27 bits per heavy atom. The fourth-order valence-electron chi connectivity index (χ4n) is 2.51. The van der Waals surface area contributed by atoms with Crippen molar-refractivity contribution in [1.29, 1.82) is 0 Å². The fourth-order valence-corrected chi connectivity index (χ4v) is 3.43. The van der Waals surface area contributed by atoms with Crippen LogP contribution < -0.4 is 10.1 Å². The first-order valence-corrected chi connectivity index (χ1v) is 8.96. The molecule has 3 rings (SSSR count). The van der Waals surface area contributed by atoms with E-state index in [1.165, 1.54) is 6.33 Å². The number of fused-ring (bicyclic) bond motifs is 1. The third kappa shape index (κ3) is 3.70. The second-order valence-corrected chi connectivity index (χ2v) is 6.43. The summed E-state index contributed by atoms with van der Waals surface area (Å²) >= 11 is 1.09. The second kappa shape index (κ2) is 8.01. The number of nitrogens with one attached hydrogen (secondary N) is 1. The predicted molar refractivity (Wildman–Crippen MR) is 100 cm³/mol. The van der Waals surface area contributed by atoms with Gasteiger partial charge in [-0.15, -0.1) is 11.3 Å². The first-order valence-electron chi connectivity index (χ1n) is 8.14. The molecule has 0 unspecified atom stereocenters. The number of benzene rings is 1. The van der Waals surface area contributed by atoms with Gasteiger partial charge in [0.25, 0.3) is 0 Å². The Labute approximate surface area is 154 Å². The summed E-state index contributed by atoms with van der Waals surface area (Å²) in [5, 5.41) is 14.1. The van der Waals surface area contributed by atoms with Gasteiger partial charge in [-0.1, -0.05) is 12.1 Å². The molecular weight excluding hydrogens is 354 g/mol. The molecule has 136 valence electrons. The van der Waals surface area contributed by atoms with Gasteiger partial charge in [-0.3, -0.25) is 0 Å². The van der Waals surface area contributed by atoms with E-state index in [1.807, 2.05) is 24.3 Å². The van der Waals surface area contributed by atoms with Crippen LogP contribution in [0.4, 0.5) is 5.82 Å². The van der Waals surface area contributed by atoms with E-state index < -0.39 is 5.97 Å². The molecule has 0 atom stereocenters. The number of carbonyl (C=O) groups is 1. The molecule has 3 aromatic rings. The lowest BCUT2D eigenvalue weighted by Crippen LogP contribution is -2.07. The molecule has 1 aromatic carbocycles. The number of anilines is 1. The SMILES string of the molecule is CCOC(=O)c1sc2ncnc(NCCc3ccc(OC)cc3)c2c1O. The largest absolute Gasteiger partial charge is 0.505 e. The summed E-state index contributed by atoms with van der Waals surface area (Å²) in [4.78, 5) is 21.0. The third-order valence-corrected chi connectivity index (χ3v) is 4.86. The number of hydrogen-bond donors (Lipinski definition) is 2. The lowest BCUT2D eigenvalue weighted by molar-refractivity contribution is 0.0529. The normalized spacial score (nSPS) is 10.7. The molecule has 0 radical (unpaired) electrons. The summed E-state index contributed by atoms with van der Waals surface area (Å²) in [6, 6.07) is 7.82. The van der Waals surface area contributed by atoms with Gasteiger partial charge >= 0.3 is 5.97 Å². The van der Waals surface area contributed by atoms with Gasteiger partial charge in [-0.25, -0.2) is 14.8 Å². The number of nitrogens with zero attached hydrogens (tertiary/aromatic N) is 2. The second-order valence-electron chi connectivity index (χ2n) is 5.43. The van der Waals surface area contributed by atoms with E-state index >= 15 is 0 Å². The smallest absolute Gasteiger partial charge is 0.352 e. The highest BCUT2D eigenvalue weighted by atomic mass is 32.1. The van der Waals surface area contributed by atoms with Gasteiger partial charge in [-0.05, 0) is 31.0 Å². The van der Waals surface area contributed by atoms with Crippen molar-refractivity contribution < 1.29 is 19.4 Å². The molecule has 7 nitrogen and oxygen atoms in total. The Kier molecular flexibility index (Phi) is 5.52. The van der Waals surface area contributed by atoms with Crippen molar-refractivity contribution in [3.8, 4) is 11.5 Å². The molecule has 2 heterocycles. The highest BCUT2D eigenvalue weighted by molar-refractivity contribution is 7.20. The van der Waals surface area contributed by atoms with Crippen LogP contribution in [0.2, 0.25) is 0 Å². The van der Waals surface area contributed by atoms with Crippen molar-refractivity contribution in [1.82, 2.24) is 9.97 Å². The number of aromatic nitrogens is 2. The van der Waals surface area contributed by atoms with Gasteiger partial charge < -0.3 is 19.9 Å². The van der Waals surface area contributed by atoms with Crippen molar-refractivity contribution in [2.24, 2.45) is 0 Å². The number of rotatable bonds is 7. The van der Waals surface area contributed by atoms with Crippen molar-refractivity contribution in [2.75, 3.05) is 25.6 Å². The van der Waals surface area contributed by atoms with E-state index in [1.54, 1.807) is 14.0 Å². The number of thiophene rings is 1. The summed E-state index contributed by atoms with van der Waals surface area (Å²) in [6.45, 7) is 2.57. The topological polar surface area (TPSA) is 93.6 Å². The quantitative estimate of drug-likeness (QED) is 0.614. The minimum Gasteiger partial charge on any atom is -0.505 e.